The molecule has 1 amide bonds. The van der Waals surface area contributed by atoms with Crippen LogP contribution in [0.2, 0.25) is 0 Å². The lowest BCUT2D eigenvalue weighted by molar-refractivity contribution is -0.122. The van der Waals surface area contributed by atoms with Crippen LogP contribution in [0.25, 0.3) is 0 Å². The second kappa shape index (κ2) is 9.70. The highest BCUT2D eigenvalue weighted by atomic mass is 32.1. The standard InChI is InChI=1S/C20H26N2O2S/c23-20(21-11-10-17-6-2-1-3-7-17)16-22(14-18-8-4-12-24-18)15-19-9-5-13-25-19/h1-3,5-7,9,13,18H,4,8,10-12,14-16H2,(H,21,23). The Hall–Kier alpha value is -1.69. The van der Waals surface area contributed by atoms with Crippen LogP contribution in [0.4, 0.5) is 0 Å². The molecule has 1 aliphatic rings. The van der Waals surface area contributed by atoms with Gasteiger partial charge in [0.2, 0.25) is 5.91 Å². The maximum Gasteiger partial charge on any atom is 0.234 e. The van der Waals surface area contributed by atoms with Crippen LogP contribution in [0.15, 0.2) is 47.8 Å². The Morgan fingerprint density at radius 2 is 2.12 bits per heavy atom. The van der Waals surface area contributed by atoms with E-state index in [9.17, 15) is 4.79 Å². The molecule has 25 heavy (non-hydrogen) atoms. The zero-order valence-electron chi connectivity index (χ0n) is 14.5. The molecule has 2 aromatic rings. The van der Waals surface area contributed by atoms with Gasteiger partial charge < -0.3 is 10.1 Å². The Morgan fingerprint density at radius 1 is 1.24 bits per heavy atom. The smallest absolute Gasteiger partial charge is 0.234 e. The Morgan fingerprint density at radius 3 is 2.84 bits per heavy atom. The molecule has 1 aliphatic heterocycles. The number of carbonyl (C=O) groups is 1. The fourth-order valence-electron chi connectivity index (χ4n) is 3.13. The molecule has 1 unspecified atom stereocenters. The van der Waals surface area contributed by atoms with Crippen molar-refractivity contribution >= 4 is 17.2 Å². The average molecular weight is 359 g/mol. The highest BCUT2D eigenvalue weighted by Gasteiger charge is 2.21. The fourth-order valence-corrected chi connectivity index (χ4v) is 3.88. The monoisotopic (exact) mass is 358 g/mol. The predicted molar refractivity (Wildman–Crippen MR) is 102 cm³/mol. The van der Waals surface area contributed by atoms with Gasteiger partial charge in [0, 0.05) is 31.1 Å². The van der Waals surface area contributed by atoms with Crippen molar-refractivity contribution in [1.29, 1.82) is 0 Å². The van der Waals surface area contributed by atoms with Crippen LogP contribution in [0, 0.1) is 0 Å². The topological polar surface area (TPSA) is 41.6 Å². The number of hydrogen-bond donors (Lipinski definition) is 1. The molecular weight excluding hydrogens is 332 g/mol. The summed E-state index contributed by atoms with van der Waals surface area (Å²) >= 11 is 1.74. The number of thiophene rings is 1. The molecule has 0 aliphatic carbocycles. The summed E-state index contributed by atoms with van der Waals surface area (Å²) in [5.41, 5.74) is 1.25. The summed E-state index contributed by atoms with van der Waals surface area (Å²) in [7, 11) is 0. The molecule has 1 aromatic heterocycles. The maximum absolute atomic E-state index is 12.4. The van der Waals surface area contributed by atoms with Gasteiger partial charge in [0.05, 0.1) is 12.6 Å². The molecule has 2 heterocycles. The Labute approximate surface area is 153 Å². The zero-order chi connectivity index (χ0) is 17.3. The molecule has 1 aromatic carbocycles. The third kappa shape index (κ3) is 6.27. The molecule has 4 nitrogen and oxygen atoms in total. The number of nitrogens with zero attached hydrogens (tertiary/aromatic N) is 1. The number of amides is 1. The van der Waals surface area contributed by atoms with E-state index in [1.165, 1.54) is 10.4 Å². The van der Waals surface area contributed by atoms with E-state index in [1.807, 2.05) is 18.2 Å². The van der Waals surface area contributed by atoms with Crippen molar-refractivity contribution in [3.8, 4) is 0 Å². The first-order valence-corrected chi connectivity index (χ1v) is 9.84. The molecule has 1 saturated heterocycles. The minimum absolute atomic E-state index is 0.0884. The number of carbonyl (C=O) groups excluding carboxylic acids is 1. The lowest BCUT2D eigenvalue weighted by Crippen LogP contribution is -2.40. The van der Waals surface area contributed by atoms with E-state index >= 15 is 0 Å². The molecule has 0 bridgehead atoms. The third-order valence-corrected chi connectivity index (χ3v) is 5.25. The maximum atomic E-state index is 12.4. The summed E-state index contributed by atoms with van der Waals surface area (Å²) in [6.07, 6.45) is 3.35. The summed E-state index contributed by atoms with van der Waals surface area (Å²) in [4.78, 5) is 15.9. The molecule has 0 spiro atoms. The summed E-state index contributed by atoms with van der Waals surface area (Å²) in [6.45, 7) is 3.58. The van der Waals surface area contributed by atoms with Crippen LogP contribution in [0.3, 0.4) is 0 Å². The van der Waals surface area contributed by atoms with E-state index in [1.54, 1.807) is 11.3 Å². The molecule has 5 heteroatoms. The minimum Gasteiger partial charge on any atom is -0.377 e. The molecule has 134 valence electrons. The molecular formula is C20H26N2O2S. The second-order valence-electron chi connectivity index (χ2n) is 6.47. The quantitative estimate of drug-likeness (QED) is 0.749. The van der Waals surface area contributed by atoms with E-state index in [0.717, 1.165) is 39.0 Å². The molecule has 1 fully saturated rings. The van der Waals surface area contributed by atoms with Crippen LogP contribution in [-0.2, 0) is 22.5 Å². The van der Waals surface area contributed by atoms with Gasteiger partial charge in [-0.15, -0.1) is 11.3 Å². The van der Waals surface area contributed by atoms with Crippen molar-refractivity contribution in [3.63, 3.8) is 0 Å². The van der Waals surface area contributed by atoms with Crippen LogP contribution in [0.1, 0.15) is 23.3 Å². The first-order valence-electron chi connectivity index (χ1n) is 8.96. The number of ether oxygens (including phenoxy) is 1. The average Bonchev–Trinajstić information content (AvgIpc) is 3.30. The molecule has 0 saturated carbocycles. The number of rotatable bonds is 9. The minimum atomic E-state index is 0.0884. The summed E-state index contributed by atoms with van der Waals surface area (Å²) in [6, 6.07) is 14.4. The Kier molecular flexibility index (Phi) is 7.03. The zero-order valence-corrected chi connectivity index (χ0v) is 15.3. The van der Waals surface area contributed by atoms with Crippen LogP contribution in [-0.4, -0.2) is 43.2 Å². The molecule has 1 atom stereocenters. The molecule has 3 rings (SSSR count). The first-order chi connectivity index (χ1) is 12.3. The summed E-state index contributed by atoms with van der Waals surface area (Å²) < 4.78 is 5.75. The number of nitrogens with one attached hydrogen (secondary N) is 1. The van der Waals surface area contributed by atoms with Gasteiger partial charge >= 0.3 is 0 Å². The van der Waals surface area contributed by atoms with Crippen molar-refractivity contribution in [2.24, 2.45) is 0 Å². The first kappa shape index (κ1) is 18.1. The van der Waals surface area contributed by atoms with Gasteiger partial charge in [-0.25, -0.2) is 0 Å². The number of benzene rings is 1. The van der Waals surface area contributed by atoms with E-state index in [-0.39, 0.29) is 12.0 Å². The van der Waals surface area contributed by atoms with Gasteiger partial charge in [0.15, 0.2) is 0 Å². The Balaban J connectivity index is 1.46. The predicted octanol–water partition coefficient (Wildman–Crippen LogP) is 3.09. The van der Waals surface area contributed by atoms with Crippen molar-refractivity contribution in [1.82, 2.24) is 10.2 Å². The summed E-state index contributed by atoms with van der Waals surface area (Å²) in [5, 5.41) is 5.13. The van der Waals surface area contributed by atoms with Gasteiger partial charge in [0.25, 0.3) is 0 Å². The fraction of sp³-hybridized carbons (Fsp3) is 0.450. The van der Waals surface area contributed by atoms with E-state index in [0.29, 0.717) is 13.1 Å². The van der Waals surface area contributed by atoms with Gasteiger partial charge in [-0.3, -0.25) is 9.69 Å². The van der Waals surface area contributed by atoms with Gasteiger partial charge in [-0.2, -0.15) is 0 Å². The van der Waals surface area contributed by atoms with Crippen LogP contribution in [0.5, 0.6) is 0 Å². The van der Waals surface area contributed by atoms with Gasteiger partial charge in [0.1, 0.15) is 0 Å². The van der Waals surface area contributed by atoms with Gasteiger partial charge in [-0.05, 0) is 36.3 Å². The molecule has 1 N–H and O–H groups in total. The second-order valence-corrected chi connectivity index (χ2v) is 7.50. The van der Waals surface area contributed by atoms with Crippen LogP contribution >= 0.6 is 11.3 Å². The summed E-state index contributed by atoms with van der Waals surface area (Å²) in [5.74, 6) is 0.0884. The van der Waals surface area contributed by atoms with Crippen molar-refractivity contribution in [3.05, 3.63) is 58.3 Å². The van der Waals surface area contributed by atoms with Crippen molar-refractivity contribution in [2.45, 2.75) is 31.9 Å². The van der Waals surface area contributed by atoms with Crippen molar-refractivity contribution in [2.75, 3.05) is 26.2 Å². The lowest BCUT2D eigenvalue weighted by atomic mass is 10.1. The highest BCUT2D eigenvalue weighted by Crippen LogP contribution is 2.17. The van der Waals surface area contributed by atoms with Gasteiger partial charge in [-0.1, -0.05) is 36.4 Å². The third-order valence-electron chi connectivity index (χ3n) is 4.39. The largest absolute Gasteiger partial charge is 0.377 e. The highest BCUT2D eigenvalue weighted by molar-refractivity contribution is 7.09. The number of hydrogen-bond acceptors (Lipinski definition) is 4. The lowest BCUT2D eigenvalue weighted by Gasteiger charge is -2.24. The van der Waals surface area contributed by atoms with E-state index < -0.39 is 0 Å². The molecule has 0 radical (unpaired) electrons. The van der Waals surface area contributed by atoms with E-state index in [4.69, 9.17) is 4.74 Å². The van der Waals surface area contributed by atoms with Crippen LogP contribution < -0.4 is 5.32 Å². The Bertz CT molecular complexity index is 624. The van der Waals surface area contributed by atoms with E-state index in [2.05, 4.69) is 39.9 Å². The normalized spacial score (nSPS) is 17.1. The van der Waals surface area contributed by atoms with Crippen molar-refractivity contribution < 1.29 is 9.53 Å². The SMILES string of the molecule is O=C(CN(Cc1cccs1)CC1CCCO1)NCCc1ccccc1.